The first-order valence-electron chi connectivity index (χ1n) is 4.70. The molecule has 0 aromatic carbocycles. The monoisotopic (exact) mass is 228 g/mol. The van der Waals surface area contributed by atoms with Gasteiger partial charge in [-0.2, -0.15) is 4.68 Å². The SMILES string of the molecule is CSc1nc(C(C)C)nn1C(=O)N(C)C. The normalized spacial score (nSPS) is 10.8. The number of thioether (sulfide) groups is 1. The van der Waals surface area contributed by atoms with Crippen LogP contribution in [0.4, 0.5) is 4.79 Å². The Morgan fingerprint density at radius 2 is 2.07 bits per heavy atom. The molecular weight excluding hydrogens is 212 g/mol. The number of aromatic nitrogens is 3. The molecule has 6 heteroatoms. The highest BCUT2D eigenvalue weighted by Gasteiger charge is 2.18. The third-order valence-electron chi connectivity index (χ3n) is 1.86. The van der Waals surface area contributed by atoms with Crippen LogP contribution in [0.25, 0.3) is 0 Å². The van der Waals surface area contributed by atoms with E-state index >= 15 is 0 Å². The van der Waals surface area contributed by atoms with Gasteiger partial charge in [-0.1, -0.05) is 25.6 Å². The van der Waals surface area contributed by atoms with E-state index in [9.17, 15) is 4.79 Å². The van der Waals surface area contributed by atoms with Crippen molar-refractivity contribution in [2.24, 2.45) is 0 Å². The largest absolute Gasteiger partial charge is 0.346 e. The van der Waals surface area contributed by atoms with Crippen molar-refractivity contribution >= 4 is 17.8 Å². The topological polar surface area (TPSA) is 51.0 Å². The van der Waals surface area contributed by atoms with Crippen LogP contribution < -0.4 is 0 Å². The molecular formula is C9H16N4OS. The first kappa shape index (κ1) is 12.0. The second kappa shape index (κ2) is 4.65. The minimum atomic E-state index is -0.168. The van der Waals surface area contributed by atoms with Crippen molar-refractivity contribution in [3.8, 4) is 0 Å². The van der Waals surface area contributed by atoms with Crippen molar-refractivity contribution in [2.75, 3.05) is 20.4 Å². The van der Waals surface area contributed by atoms with E-state index in [0.717, 1.165) is 0 Å². The van der Waals surface area contributed by atoms with E-state index in [2.05, 4.69) is 10.1 Å². The Labute approximate surface area is 93.9 Å². The Kier molecular flexibility index (Phi) is 3.73. The van der Waals surface area contributed by atoms with Crippen LogP contribution in [-0.2, 0) is 0 Å². The molecule has 1 aromatic rings. The summed E-state index contributed by atoms with van der Waals surface area (Å²) in [4.78, 5) is 17.5. The molecule has 0 fully saturated rings. The minimum absolute atomic E-state index is 0.168. The number of amides is 1. The van der Waals surface area contributed by atoms with Gasteiger partial charge in [-0.15, -0.1) is 5.10 Å². The number of rotatable bonds is 2. The van der Waals surface area contributed by atoms with Crippen molar-refractivity contribution in [3.63, 3.8) is 0 Å². The zero-order valence-corrected chi connectivity index (χ0v) is 10.5. The van der Waals surface area contributed by atoms with Gasteiger partial charge in [0.05, 0.1) is 0 Å². The van der Waals surface area contributed by atoms with Gasteiger partial charge in [0, 0.05) is 20.0 Å². The van der Waals surface area contributed by atoms with E-state index in [-0.39, 0.29) is 11.9 Å². The summed E-state index contributed by atoms with van der Waals surface area (Å²) in [5.74, 6) is 0.932. The molecule has 1 aromatic heterocycles. The molecule has 1 amide bonds. The third-order valence-corrected chi connectivity index (χ3v) is 2.49. The highest BCUT2D eigenvalue weighted by molar-refractivity contribution is 7.98. The van der Waals surface area contributed by atoms with E-state index < -0.39 is 0 Å². The average Bonchev–Trinajstić information content (AvgIpc) is 2.59. The Morgan fingerprint density at radius 1 is 1.47 bits per heavy atom. The Hall–Kier alpha value is -1.04. The molecule has 0 unspecified atom stereocenters. The molecule has 5 nitrogen and oxygen atoms in total. The predicted molar refractivity (Wildman–Crippen MR) is 60.4 cm³/mol. The lowest BCUT2D eigenvalue weighted by atomic mass is 10.2. The predicted octanol–water partition coefficient (Wildman–Crippen LogP) is 1.65. The average molecular weight is 228 g/mol. The van der Waals surface area contributed by atoms with E-state index in [1.54, 1.807) is 14.1 Å². The Bertz CT molecular complexity index is 359. The summed E-state index contributed by atoms with van der Waals surface area (Å²) in [5.41, 5.74) is 0. The zero-order valence-electron chi connectivity index (χ0n) is 9.68. The van der Waals surface area contributed by atoms with Crippen LogP contribution in [0.15, 0.2) is 5.16 Å². The molecule has 1 heterocycles. The van der Waals surface area contributed by atoms with Crippen LogP contribution in [0.5, 0.6) is 0 Å². The van der Waals surface area contributed by atoms with E-state index in [0.29, 0.717) is 11.0 Å². The number of nitrogens with zero attached hydrogens (tertiary/aromatic N) is 4. The molecule has 0 spiro atoms. The maximum Gasteiger partial charge on any atom is 0.346 e. The summed E-state index contributed by atoms with van der Waals surface area (Å²) >= 11 is 1.42. The van der Waals surface area contributed by atoms with Gasteiger partial charge >= 0.3 is 6.03 Å². The van der Waals surface area contributed by atoms with Crippen LogP contribution in [0.1, 0.15) is 25.6 Å². The van der Waals surface area contributed by atoms with Gasteiger partial charge in [0.15, 0.2) is 11.0 Å². The third kappa shape index (κ3) is 2.50. The molecule has 0 aliphatic rings. The summed E-state index contributed by atoms with van der Waals surface area (Å²) in [6.07, 6.45) is 1.88. The smallest absolute Gasteiger partial charge is 0.329 e. The highest BCUT2D eigenvalue weighted by Crippen LogP contribution is 2.17. The summed E-state index contributed by atoms with van der Waals surface area (Å²) in [6, 6.07) is -0.168. The van der Waals surface area contributed by atoms with Gasteiger partial charge in [0.25, 0.3) is 0 Å². The number of hydrogen-bond donors (Lipinski definition) is 0. The van der Waals surface area contributed by atoms with E-state index in [1.165, 1.54) is 21.3 Å². The van der Waals surface area contributed by atoms with Crippen molar-refractivity contribution in [3.05, 3.63) is 5.82 Å². The first-order valence-corrected chi connectivity index (χ1v) is 5.92. The second-order valence-electron chi connectivity index (χ2n) is 3.70. The van der Waals surface area contributed by atoms with Gasteiger partial charge in [0.1, 0.15) is 0 Å². The number of carbonyl (C=O) groups excluding carboxylic acids is 1. The summed E-state index contributed by atoms with van der Waals surface area (Å²) in [6.45, 7) is 4.01. The van der Waals surface area contributed by atoms with Gasteiger partial charge < -0.3 is 4.90 Å². The molecule has 0 bridgehead atoms. The first-order chi connectivity index (χ1) is 6.97. The fourth-order valence-electron chi connectivity index (χ4n) is 1.00. The second-order valence-corrected chi connectivity index (χ2v) is 4.47. The Morgan fingerprint density at radius 3 is 2.47 bits per heavy atom. The standard InChI is InChI=1S/C9H16N4OS/c1-6(2)7-10-8(15-5)13(11-7)9(14)12(3)4/h6H,1-5H3. The summed E-state index contributed by atoms with van der Waals surface area (Å²) < 4.78 is 1.35. The molecule has 0 N–H and O–H groups in total. The van der Waals surface area contributed by atoms with Crippen LogP contribution in [0.3, 0.4) is 0 Å². The fourth-order valence-corrected chi connectivity index (χ4v) is 1.48. The lowest BCUT2D eigenvalue weighted by Gasteiger charge is -2.09. The van der Waals surface area contributed by atoms with Gasteiger partial charge in [-0.05, 0) is 6.26 Å². The molecule has 0 radical (unpaired) electrons. The molecule has 0 aliphatic heterocycles. The van der Waals surface area contributed by atoms with Crippen LogP contribution in [-0.4, -0.2) is 46.0 Å². The highest BCUT2D eigenvalue weighted by atomic mass is 32.2. The van der Waals surface area contributed by atoms with Crippen LogP contribution in [0.2, 0.25) is 0 Å². The van der Waals surface area contributed by atoms with Crippen molar-refractivity contribution in [1.82, 2.24) is 19.7 Å². The van der Waals surface area contributed by atoms with Crippen LogP contribution >= 0.6 is 11.8 Å². The van der Waals surface area contributed by atoms with Crippen molar-refractivity contribution in [1.29, 1.82) is 0 Å². The summed E-state index contributed by atoms with van der Waals surface area (Å²) in [5, 5.41) is 4.83. The molecule has 0 saturated heterocycles. The maximum absolute atomic E-state index is 11.7. The summed E-state index contributed by atoms with van der Waals surface area (Å²) in [7, 11) is 3.40. The van der Waals surface area contributed by atoms with Gasteiger partial charge in [0.2, 0.25) is 0 Å². The molecule has 0 atom stereocenters. The Balaban J connectivity index is 3.11. The molecule has 0 aliphatic carbocycles. The van der Waals surface area contributed by atoms with Gasteiger partial charge in [-0.3, -0.25) is 0 Å². The minimum Gasteiger partial charge on any atom is -0.329 e. The molecule has 15 heavy (non-hydrogen) atoms. The quantitative estimate of drug-likeness (QED) is 0.722. The lowest BCUT2D eigenvalue weighted by Crippen LogP contribution is -2.28. The van der Waals surface area contributed by atoms with Crippen LogP contribution in [0, 0.1) is 0 Å². The van der Waals surface area contributed by atoms with E-state index in [4.69, 9.17) is 0 Å². The van der Waals surface area contributed by atoms with E-state index in [1.807, 2.05) is 20.1 Å². The van der Waals surface area contributed by atoms with Crippen molar-refractivity contribution in [2.45, 2.75) is 24.9 Å². The number of carbonyl (C=O) groups is 1. The molecule has 1 rings (SSSR count). The molecule has 84 valence electrons. The zero-order chi connectivity index (χ0) is 11.6. The number of hydrogen-bond acceptors (Lipinski definition) is 4. The maximum atomic E-state index is 11.7. The molecule has 0 saturated carbocycles. The fraction of sp³-hybridized carbons (Fsp3) is 0.667. The van der Waals surface area contributed by atoms with Gasteiger partial charge in [-0.25, -0.2) is 9.78 Å². The lowest BCUT2D eigenvalue weighted by molar-refractivity contribution is 0.213. The van der Waals surface area contributed by atoms with Crippen molar-refractivity contribution < 1.29 is 4.79 Å².